The lowest BCUT2D eigenvalue weighted by molar-refractivity contribution is -0.659. The number of nitrogens with zero attached hydrogens (tertiary/aromatic N) is 2. The molecule has 0 spiro atoms. The Hall–Kier alpha value is -4.42. The molecule has 33 heavy (non-hydrogen) atoms. The summed E-state index contributed by atoms with van der Waals surface area (Å²) in [5, 5.41) is 14.1. The van der Waals surface area contributed by atoms with Crippen molar-refractivity contribution >= 4 is 32.7 Å². The summed E-state index contributed by atoms with van der Waals surface area (Å²) in [7, 11) is 2.07. The first-order valence-corrected chi connectivity index (χ1v) is 11.0. The van der Waals surface area contributed by atoms with Crippen LogP contribution in [0.1, 0.15) is 11.1 Å². The summed E-state index contributed by atoms with van der Waals surface area (Å²) in [6.07, 6.45) is 2.09. The van der Waals surface area contributed by atoms with Crippen molar-refractivity contribution in [1.29, 1.82) is 5.26 Å². The molecule has 0 aliphatic heterocycles. The molecule has 0 amide bonds. The summed E-state index contributed by atoms with van der Waals surface area (Å²) in [6, 6.07) is 31.2. The summed E-state index contributed by atoms with van der Waals surface area (Å²) in [4.78, 5) is 0. The summed E-state index contributed by atoms with van der Waals surface area (Å²) in [6.45, 7) is 2.12. The van der Waals surface area contributed by atoms with Crippen molar-refractivity contribution in [3.63, 3.8) is 0 Å². The summed E-state index contributed by atoms with van der Waals surface area (Å²) in [5.74, 6) is 0. The molecule has 0 saturated heterocycles. The third kappa shape index (κ3) is 2.85. The number of furan rings is 1. The molecule has 3 nitrogen and oxygen atoms in total. The van der Waals surface area contributed by atoms with Crippen LogP contribution in [0.5, 0.6) is 0 Å². The molecule has 4 aromatic carbocycles. The molecule has 6 aromatic rings. The Morgan fingerprint density at radius 2 is 1.58 bits per heavy atom. The second-order valence-corrected chi connectivity index (χ2v) is 8.44. The molecule has 6 rings (SSSR count). The van der Waals surface area contributed by atoms with Crippen LogP contribution in [0.15, 0.2) is 95.5 Å². The van der Waals surface area contributed by atoms with E-state index in [-0.39, 0.29) is 0 Å². The maximum atomic E-state index is 9.91. The van der Waals surface area contributed by atoms with E-state index < -0.39 is 0 Å². The zero-order valence-corrected chi connectivity index (χ0v) is 18.5. The number of hydrogen-bond donors (Lipinski definition) is 0. The lowest BCUT2D eigenvalue weighted by Gasteiger charge is -2.08. The maximum absolute atomic E-state index is 9.91. The molecule has 2 aromatic heterocycles. The van der Waals surface area contributed by atoms with Crippen LogP contribution in [-0.2, 0) is 7.05 Å². The standard InChI is InChI=1S/C30H21N2O/c1-19-12-14-25-27-22(18-31)13-15-24(20-8-4-3-5-9-20)29(27)33-30(25)26(19)28-23-11-7-6-10-21(23)16-17-32(28)2/h3-17H,1-2H3/q+1. The Balaban J connectivity index is 1.80. The van der Waals surface area contributed by atoms with Gasteiger partial charge in [0, 0.05) is 22.4 Å². The summed E-state index contributed by atoms with van der Waals surface area (Å²) < 4.78 is 8.84. The van der Waals surface area contributed by atoms with Crippen LogP contribution in [0.4, 0.5) is 0 Å². The number of aryl methyl sites for hydroxylation is 2. The highest BCUT2D eigenvalue weighted by Crippen LogP contribution is 2.42. The predicted molar refractivity (Wildman–Crippen MR) is 133 cm³/mol. The van der Waals surface area contributed by atoms with Gasteiger partial charge in [-0.15, -0.1) is 0 Å². The van der Waals surface area contributed by atoms with Gasteiger partial charge < -0.3 is 4.42 Å². The van der Waals surface area contributed by atoms with Crippen LogP contribution in [-0.4, -0.2) is 0 Å². The van der Waals surface area contributed by atoms with Gasteiger partial charge in [0.05, 0.1) is 22.6 Å². The molecule has 0 unspecified atom stereocenters. The van der Waals surface area contributed by atoms with E-state index >= 15 is 0 Å². The number of rotatable bonds is 2. The number of nitriles is 1. The smallest absolute Gasteiger partial charge is 0.224 e. The van der Waals surface area contributed by atoms with Gasteiger partial charge in [-0.25, -0.2) is 4.57 Å². The minimum atomic E-state index is 0.625. The average molecular weight is 426 g/mol. The number of pyridine rings is 1. The molecule has 156 valence electrons. The normalized spacial score (nSPS) is 11.3. The lowest BCUT2D eigenvalue weighted by atomic mass is 9.95. The molecule has 0 atom stereocenters. The molecule has 0 aliphatic carbocycles. The third-order valence-corrected chi connectivity index (χ3v) is 6.49. The molecular weight excluding hydrogens is 404 g/mol. The Labute approximate surface area is 191 Å². The van der Waals surface area contributed by atoms with Gasteiger partial charge in [0.15, 0.2) is 6.20 Å². The second kappa shape index (κ2) is 7.32. The summed E-state index contributed by atoms with van der Waals surface area (Å²) in [5.41, 5.74) is 7.56. The van der Waals surface area contributed by atoms with Gasteiger partial charge in [0.25, 0.3) is 0 Å². The van der Waals surface area contributed by atoms with Gasteiger partial charge in [-0.2, -0.15) is 5.26 Å². The minimum Gasteiger partial charge on any atom is -0.454 e. The molecule has 0 aliphatic rings. The van der Waals surface area contributed by atoms with E-state index in [1.807, 2.05) is 30.3 Å². The fourth-order valence-electron chi connectivity index (χ4n) is 4.90. The van der Waals surface area contributed by atoms with Crippen LogP contribution >= 0.6 is 0 Å². The highest BCUT2D eigenvalue weighted by molar-refractivity contribution is 6.16. The first-order valence-electron chi connectivity index (χ1n) is 11.0. The van der Waals surface area contributed by atoms with Gasteiger partial charge in [-0.3, -0.25) is 0 Å². The monoisotopic (exact) mass is 425 g/mol. The predicted octanol–water partition coefficient (Wildman–Crippen LogP) is 7.08. The largest absolute Gasteiger partial charge is 0.454 e. The van der Waals surface area contributed by atoms with Crippen LogP contribution < -0.4 is 4.57 Å². The van der Waals surface area contributed by atoms with Crippen LogP contribution in [0.2, 0.25) is 0 Å². The molecule has 3 heteroatoms. The van der Waals surface area contributed by atoms with Crippen molar-refractivity contribution in [2.45, 2.75) is 6.92 Å². The number of hydrogen-bond acceptors (Lipinski definition) is 2. The fraction of sp³-hybridized carbons (Fsp3) is 0.0667. The molecule has 0 bridgehead atoms. The van der Waals surface area contributed by atoms with E-state index in [4.69, 9.17) is 4.42 Å². The molecule has 0 saturated carbocycles. The van der Waals surface area contributed by atoms with Crippen LogP contribution in [0, 0.1) is 18.3 Å². The SMILES string of the molecule is Cc1ccc2c(oc3c(-c4ccccc4)ccc(C#N)c32)c1-c1c2ccccc2cc[n+]1C. The molecule has 0 radical (unpaired) electrons. The topological polar surface area (TPSA) is 40.8 Å². The first kappa shape index (κ1) is 19.3. The third-order valence-electron chi connectivity index (χ3n) is 6.49. The van der Waals surface area contributed by atoms with E-state index in [2.05, 4.69) is 85.4 Å². The fourth-order valence-corrected chi connectivity index (χ4v) is 4.90. The van der Waals surface area contributed by atoms with Crippen molar-refractivity contribution in [2.75, 3.05) is 0 Å². The Kier molecular flexibility index (Phi) is 4.28. The quantitative estimate of drug-likeness (QED) is 0.278. The zero-order chi connectivity index (χ0) is 22.5. The number of aromatic nitrogens is 1. The Morgan fingerprint density at radius 3 is 2.39 bits per heavy atom. The first-order chi connectivity index (χ1) is 16.2. The van der Waals surface area contributed by atoms with Gasteiger partial charge in [-0.05, 0) is 41.6 Å². The highest BCUT2D eigenvalue weighted by atomic mass is 16.3. The van der Waals surface area contributed by atoms with Crippen LogP contribution in [0.25, 0.3) is 55.1 Å². The highest BCUT2D eigenvalue weighted by Gasteiger charge is 2.25. The van der Waals surface area contributed by atoms with Gasteiger partial charge in [0.2, 0.25) is 5.69 Å². The van der Waals surface area contributed by atoms with Crippen molar-refractivity contribution < 1.29 is 8.98 Å². The van der Waals surface area contributed by atoms with Crippen molar-refractivity contribution in [1.82, 2.24) is 0 Å². The molecule has 0 fully saturated rings. The van der Waals surface area contributed by atoms with Crippen molar-refractivity contribution in [3.8, 4) is 28.5 Å². The second-order valence-electron chi connectivity index (χ2n) is 8.44. The van der Waals surface area contributed by atoms with Crippen molar-refractivity contribution in [2.24, 2.45) is 7.05 Å². The van der Waals surface area contributed by atoms with E-state index in [1.54, 1.807) is 0 Å². The Morgan fingerprint density at radius 1 is 0.788 bits per heavy atom. The van der Waals surface area contributed by atoms with Gasteiger partial charge in [-0.1, -0.05) is 60.7 Å². The van der Waals surface area contributed by atoms with E-state index in [0.717, 1.165) is 49.9 Å². The lowest BCUT2D eigenvalue weighted by Crippen LogP contribution is -2.30. The Bertz CT molecular complexity index is 1740. The van der Waals surface area contributed by atoms with E-state index in [9.17, 15) is 5.26 Å². The minimum absolute atomic E-state index is 0.625. The van der Waals surface area contributed by atoms with Crippen molar-refractivity contribution in [3.05, 3.63) is 102 Å². The average Bonchev–Trinajstić information content (AvgIpc) is 3.24. The molecule has 2 heterocycles. The van der Waals surface area contributed by atoms with E-state index in [0.29, 0.717) is 5.56 Å². The van der Waals surface area contributed by atoms with Crippen LogP contribution in [0.3, 0.4) is 0 Å². The van der Waals surface area contributed by atoms with Gasteiger partial charge >= 0.3 is 0 Å². The molecular formula is C30H21N2O+. The van der Waals surface area contributed by atoms with Gasteiger partial charge in [0.1, 0.15) is 18.2 Å². The summed E-state index contributed by atoms with van der Waals surface area (Å²) >= 11 is 0. The van der Waals surface area contributed by atoms with E-state index in [1.165, 1.54) is 10.8 Å². The number of benzene rings is 4. The maximum Gasteiger partial charge on any atom is 0.224 e. The molecule has 0 N–H and O–H groups in total. The zero-order valence-electron chi connectivity index (χ0n) is 18.5. The number of fused-ring (bicyclic) bond motifs is 4.